The Morgan fingerprint density at radius 3 is 2.88 bits per heavy atom. The highest BCUT2D eigenvalue weighted by Crippen LogP contribution is 2.23. The van der Waals surface area contributed by atoms with Gasteiger partial charge in [0.15, 0.2) is 0 Å². The molecule has 2 atom stereocenters. The van der Waals surface area contributed by atoms with Crippen molar-refractivity contribution in [2.75, 3.05) is 12.4 Å². The summed E-state index contributed by atoms with van der Waals surface area (Å²) in [6.45, 7) is 0. The second kappa shape index (κ2) is 5.92. The number of anilines is 1. The Morgan fingerprint density at radius 2 is 2.06 bits per heavy atom. The molecular weight excluding hydrogens is 214 g/mol. The van der Waals surface area contributed by atoms with E-state index >= 15 is 0 Å². The Balaban J connectivity index is 2.02. The molecule has 0 saturated heterocycles. The molecule has 0 radical (unpaired) electrons. The summed E-state index contributed by atoms with van der Waals surface area (Å²) in [4.78, 5) is 0. The minimum Gasteiger partial charge on any atom is -0.497 e. The zero-order valence-electron chi connectivity index (χ0n) is 10.4. The molecule has 17 heavy (non-hydrogen) atoms. The van der Waals surface area contributed by atoms with Gasteiger partial charge in [-0.05, 0) is 25.0 Å². The molecule has 1 aliphatic carbocycles. The van der Waals surface area contributed by atoms with Crippen LogP contribution in [0.4, 0.5) is 5.69 Å². The summed E-state index contributed by atoms with van der Waals surface area (Å²) in [5, 5.41) is 13.5. The highest BCUT2D eigenvalue weighted by atomic mass is 16.5. The van der Waals surface area contributed by atoms with Crippen molar-refractivity contribution in [3.8, 4) is 5.75 Å². The second-order valence-electron chi connectivity index (χ2n) is 4.69. The molecule has 0 aliphatic heterocycles. The average molecular weight is 235 g/mol. The molecule has 2 rings (SSSR count). The molecule has 3 nitrogen and oxygen atoms in total. The quantitative estimate of drug-likeness (QED) is 0.792. The summed E-state index contributed by atoms with van der Waals surface area (Å²) in [6, 6.07) is 8.04. The predicted molar refractivity (Wildman–Crippen MR) is 69.5 cm³/mol. The summed E-state index contributed by atoms with van der Waals surface area (Å²) < 4.78 is 5.19. The van der Waals surface area contributed by atoms with Crippen molar-refractivity contribution in [3.05, 3.63) is 24.3 Å². The normalized spacial score (nSPS) is 25.1. The van der Waals surface area contributed by atoms with Gasteiger partial charge >= 0.3 is 0 Å². The van der Waals surface area contributed by atoms with Crippen molar-refractivity contribution < 1.29 is 9.84 Å². The van der Waals surface area contributed by atoms with Gasteiger partial charge in [0.25, 0.3) is 0 Å². The van der Waals surface area contributed by atoms with Gasteiger partial charge in [0.2, 0.25) is 0 Å². The molecule has 0 bridgehead atoms. The number of rotatable bonds is 3. The molecule has 2 N–H and O–H groups in total. The van der Waals surface area contributed by atoms with Crippen LogP contribution in [0.15, 0.2) is 24.3 Å². The van der Waals surface area contributed by atoms with Crippen LogP contribution in [0.1, 0.15) is 32.1 Å². The first-order chi connectivity index (χ1) is 8.29. The molecule has 94 valence electrons. The number of methoxy groups -OCH3 is 1. The molecule has 1 aliphatic rings. The number of nitrogens with one attached hydrogen (secondary N) is 1. The first-order valence-electron chi connectivity index (χ1n) is 6.38. The lowest BCUT2D eigenvalue weighted by Gasteiger charge is -2.23. The second-order valence-corrected chi connectivity index (χ2v) is 4.69. The number of hydrogen-bond acceptors (Lipinski definition) is 3. The number of aliphatic hydroxyl groups is 1. The van der Waals surface area contributed by atoms with Crippen molar-refractivity contribution in [2.24, 2.45) is 0 Å². The predicted octanol–water partition coefficient (Wildman–Crippen LogP) is 2.80. The van der Waals surface area contributed by atoms with Crippen LogP contribution in [0.5, 0.6) is 5.75 Å². The van der Waals surface area contributed by atoms with E-state index in [1.807, 2.05) is 24.3 Å². The molecular formula is C14H21NO2. The molecule has 1 aromatic rings. The van der Waals surface area contributed by atoms with E-state index in [9.17, 15) is 5.11 Å². The molecule has 0 spiro atoms. The maximum Gasteiger partial charge on any atom is 0.120 e. The fourth-order valence-corrected chi connectivity index (χ4v) is 2.38. The fraction of sp³-hybridized carbons (Fsp3) is 0.571. The largest absolute Gasteiger partial charge is 0.497 e. The highest BCUT2D eigenvalue weighted by molar-refractivity contribution is 5.49. The van der Waals surface area contributed by atoms with Crippen LogP contribution >= 0.6 is 0 Å². The number of benzene rings is 1. The van der Waals surface area contributed by atoms with Crippen molar-refractivity contribution in [1.82, 2.24) is 0 Å². The molecule has 0 amide bonds. The van der Waals surface area contributed by atoms with Crippen LogP contribution in [-0.4, -0.2) is 24.4 Å². The van der Waals surface area contributed by atoms with Crippen LogP contribution in [0, 0.1) is 0 Å². The minimum absolute atomic E-state index is 0.171. The third-order valence-electron chi connectivity index (χ3n) is 3.40. The third-order valence-corrected chi connectivity index (χ3v) is 3.40. The van der Waals surface area contributed by atoms with E-state index in [0.29, 0.717) is 0 Å². The molecule has 2 unspecified atom stereocenters. The Labute approximate surface area is 103 Å². The first-order valence-corrected chi connectivity index (χ1v) is 6.38. The maximum absolute atomic E-state index is 10.0. The summed E-state index contributed by atoms with van der Waals surface area (Å²) in [7, 11) is 1.67. The zero-order chi connectivity index (χ0) is 12.1. The lowest BCUT2D eigenvalue weighted by molar-refractivity contribution is 0.144. The molecule has 3 heteroatoms. The van der Waals surface area contributed by atoms with Crippen molar-refractivity contribution in [1.29, 1.82) is 0 Å². The van der Waals surface area contributed by atoms with Gasteiger partial charge in [0, 0.05) is 11.8 Å². The standard InChI is InChI=1S/C14H21NO2/c1-17-12-7-5-6-11(10-12)15-13-8-3-2-4-9-14(13)16/h5-7,10,13-16H,2-4,8-9H2,1H3. The first kappa shape index (κ1) is 12.2. The monoisotopic (exact) mass is 235 g/mol. The van der Waals surface area contributed by atoms with Crippen molar-refractivity contribution >= 4 is 5.69 Å². The third kappa shape index (κ3) is 3.37. The van der Waals surface area contributed by atoms with Crippen LogP contribution in [0.25, 0.3) is 0 Å². The summed E-state index contributed by atoms with van der Waals surface area (Å²) in [5.74, 6) is 0.845. The van der Waals surface area contributed by atoms with Gasteiger partial charge in [-0.2, -0.15) is 0 Å². The van der Waals surface area contributed by atoms with E-state index in [1.54, 1.807) is 7.11 Å². The lowest BCUT2D eigenvalue weighted by atomic mass is 10.1. The van der Waals surface area contributed by atoms with Crippen LogP contribution in [0.3, 0.4) is 0 Å². The van der Waals surface area contributed by atoms with Gasteiger partial charge in [-0.25, -0.2) is 0 Å². The minimum atomic E-state index is -0.233. The van der Waals surface area contributed by atoms with E-state index in [-0.39, 0.29) is 12.1 Å². The summed E-state index contributed by atoms with van der Waals surface area (Å²) >= 11 is 0. The Morgan fingerprint density at radius 1 is 1.24 bits per heavy atom. The van der Waals surface area contributed by atoms with Gasteiger partial charge in [0.1, 0.15) is 5.75 Å². The summed E-state index contributed by atoms with van der Waals surface area (Å²) in [5.41, 5.74) is 1.02. The van der Waals surface area contributed by atoms with E-state index in [0.717, 1.165) is 30.7 Å². The molecule has 1 fully saturated rings. The van der Waals surface area contributed by atoms with Crippen molar-refractivity contribution in [2.45, 2.75) is 44.2 Å². The zero-order valence-corrected chi connectivity index (χ0v) is 10.4. The van der Waals surface area contributed by atoms with Gasteiger partial charge in [0.05, 0.1) is 19.3 Å². The Hall–Kier alpha value is -1.22. The molecule has 1 aromatic carbocycles. The fourth-order valence-electron chi connectivity index (χ4n) is 2.38. The van der Waals surface area contributed by atoms with Crippen LogP contribution in [-0.2, 0) is 0 Å². The van der Waals surface area contributed by atoms with Crippen molar-refractivity contribution in [3.63, 3.8) is 0 Å². The highest BCUT2D eigenvalue weighted by Gasteiger charge is 2.21. The molecule has 0 heterocycles. The van der Waals surface area contributed by atoms with Crippen LogP contribution in [0.2, 0.25) is 0 Å². The van der Waals surface area contributed by atoms with Crippen LogP contribution < -0.4 is 10.1 Å². The Bertz CT molecular complexity index is 354. The summed E-state index contributed by atoms with van der Waals surface area (Å²) in [6.07, 6.45) is 5.27. The van der Waals surface area contributed by atoms with Gasteiger partial charge in [-0.3, -0.25) is 0 Å². The molecule has 1 saturated carbocycles. The average Bonchev–Trinajstić information content (AvgIpc) is 2.55. The Kier molecular flexibility index (Phi) is 4.26. The molecule has 0 aromatic heterocycles. The number of aliphatic hydroxyl groups excluding tert-OH is 1. The van der Waals surface area contributed by atoms with E-state index in [4.69, 9.17) is 4.74 Å². The lowest BCUT2D eigenvalue weighted by Crippen LogP contribution is -2.32. The smallest absolute Gasteiger partial charge is 0.120 e. The number of ether oxygens (including phenoxy) is 1. The number of hydrogen-bond donors (Lipinski definition) is 2. The van der Waals surface area contributed by atoms with E-state index < -0.39 is 0 Å². The maximum atomic E-state index is 10.0. The van der Waals surface area contributed by atoms with Gasteiger partial charge < -0.3 is 15.2 Å². The SMILES string of the molecule is COc1cccc(NC2CCCCCC2O)c1. The topological polar surface area (TPSA) is 41.5 Å². The van der Waals surface area contributed by atoms with E-state index in [1.165, 1.54) is 12.8 Å². The van der Waals surface area contributed by atoms with E-state index in [2.05, 4.69) is 5.32 Å². The van der Waals surface area contributed by atoms with Gasteiger partial charge in [-0.1, -0.05) is 25.3 Å². The van der Waals surface area contributed by atoms with Gasteiger partial charge in [-0.15, -0.1) is 0 Å².